The molecular weight excluding hydrogens is 408 g/mol. The van der Waals surface area contributed by atoms with Crippen LogP contribution >= 0.6 is 24.2 Å². The number of carbonyl (C=O) groups is 1. The molecule has 0 spiro atoms. The average Bonchev–Trinajstić information content (AvgIpc) is 2.62. The number of hydrogen-bond donors (Lipinski definition) is 1. The van der Waals surface area contributed by atoms with Crippen molar-refractivity contribution in [2.45, 2.75) is 31.0 Å². The molecule has 148 valence electrons. The van der Waals surface area contributed by atoms with E-state index in [4.69, 9.17) is 21.1 Å². The summed E-state index contributed by atoms with van der Waals surface area (Å²) < 4.78 is 63.1. The molecule has 0 N–H and O–H groups in total. The third kappa shape index (κ3) is 6.62. The molecule has 2 aromatic carbocycles. The van der Waals surface area contributed by atoms with E-state index in [1.54, 1.807) is 0 Å². The Bertz CT molecular complexity index is 782. The Morgan fingerprint density at radius 1 is 1.22 bits per heavy atom. The Morgan fingerprint density at radius 2 is 1.85 bits per heavy atom. The molecule has 0 unspecified atom stereocenters. The van der Waals surface area contributed by atoms with Gasteiger partial charge in [-0.1, -0.05) is 24.6 Å². The largest absolute Gasteiger partial charge is 0.496 e. The lowest BCUT2D eigenvalue weighted by molar-refractivity contribution is -0.138. The third-order valence-corrected chi connectivity index (χ3v) is 4.01. The zero-order valence-electron chi connectivity index (χ0n) is 14.4. The molecule has 0 saturated heterocycles. The normalized spacial score (nSPS) is 10.7. The van der Waals surface area contributed by atoms with Gasteiger partial charge in [-0.2, -0.15) is 13.2 Å². The highest BCUT2D eigenvalue weighted by Gasteiger charge is 2.34. The number of hydrogen-bond acceptors (Lipinski definition) is 4. The number of thiol groups is 1. The van der Waals surface area contributed by atoms with Gasteiger partial charge in [-0.15, -0.1) is 12.6 Å². The number of alkyl halides is 3. The van der Waals surface area contributed by atoms with Crippen molar-refractivity contribution < 1.29 is 31.8 Å². The van der Waals surface area contributed by atoms with E-state index in [9.17, 15) is 22.4 Å². The van der Waals surface area contributed by atoms with Crippen LogP contribution in [0.4, 0.5) is 17.6 Å². The zero-order valence-corrected chi connectivity index (χ0v) is 16.1. The van der Waals surface area contributed by atoms with Crippen molar-refractivity contribution in [3.05, 3.63) is 52.3 Å². The first kappa shape index (κ1) is 23.1. The molecule has 0 heterocycles. The van der Waals surface area contributed by atoms with Gasteiger partial charge in [0.2, 0.25) is 0 Å². The molecule has 0 aliphatic rings. The van der Waals surface area contributed by atoms with E-state index in [0.717, 1.165) is 24.5 Å². The Morgan fingerprint density at radius 3 is 2.37 bits per heavy atom. The van der Waals surface area contributed by atoms with Gasteiger partial charge in [-0.3, -0.25) is 0 Å². The van der Waals surface area contributed by atoms with Crippen molar-refractivity contribution in [3.8, 4) is 11.5 Å². The molecule has 0 atom stereocenters. The van der Waals surface area contributed by atoms with Crippen molar-refractivity contribution >= 4 is 30.5 Å². The highest BCUT2D eigenvalue weighted by molar-refractivity contribution is 7.80. The second-order valence-corrected chi connectivity index (χ2v) is 5.97. The van der Waals surface area contributed by atoms with E-state index in [-0.39, 0.29) is 27.0 Å². The van der Waals surface area contributed by atoms with Crippen LogP contribution in [0.3, 0.4) is 0 Å². The van der Waals surface area contributed by atoms with Crippen LogP contribution < -0.4 is 9.47 Å². The van der Waals surface area contributed by atoms with Gasteiger partial charge in [-0.05, 0) is 18.2 Å². The number of rotatable bonds is 5. The number of halogens is 5. The van der Waals surface area contributed by atoms with Crippen LogP contribution in [-0.4, -0.2) is 13.4 Å². The first-order chi connectivity index (χ1) is 12.6. The molecular formula is C18H17ClF4O3S. The summed E-state index contributed by atoms with van der Waals surface area (Å²) in [6.45, 7) is 1.28. The van der Waals surface area contributed by atoms with E-state index in [1.165, 1.54) is 19.2 Å². The molecule has 9 heteroatoms. The van der Waals surface area contributed by atoms with E-state index < -0.39 is 24.2 Å². The van der Waals surface area contributed by atoms with Crippen LogP contribution in [-0.2, 0) is 17.6 Å². The second kappa shape index (κ2) is 10.4. The van der Waals surface area contributed by atoms with Crippen molar-refractivity contribution in [1.82, 2.24) is 0 Å². The van der Waals surface area contributed by atoms with E-state index >= 15 is 0 Å². The highest BCUT2D eigenvalue weighted by Crippen LogP contribution is 2.37. The van der Waals surface area contributed by atoms with Crippen molar-refractivity contribution in [1.29, 1.82) is 0 Å². The summed E-state index contributed by atoms with van der Waals surface area (Å²) in [5.41, 5.74) is -1.14. The van der Waals surface area contributed by atoms with Crippen LogP contribution in [0.5, 0.6) is 11.5 Å². The first-order valence-corrected chi connectivity index (χ1v) is 8.45. The summed E-state index contributed by atoms with van der Waals surface area (Å²) in [7, 11) is 1.24. The van der Waals surface area contributed by atoms with Crippen LogP contribution in [0.2, 0.25) is 5.02 Å². The van der Waals surface area contributed by atoms with Crippen LogP contribution in [0.1, 0.15) is 24.5 Å². The van der Waals surface area contributed by atoms with E-state index in [2.05, 4.69) is 12.6 Å². The zero-order chi connectivity index (χ0) is 20.6. The van der Waals surface area contributed by atoms with Gasteiger partial charge in [0, 0.05) is 22.9 Å². The van der Waals surface area contributed by atoms with E-state index in [1.807, 2.05) is 6.92 Å². The molecule has 27 heavy (non-hydrogen) atoms. The van der Waals surface area contributed by atoms with Gasteiger partial charge in [0.1, 0.15) is 18.6 Å². The first-order valence-electron chi connectivity index (χ1n) is 7.63. The minimum atomic E-state index is -4.58. The lowest BCUT2D eigenvalue weighted by atomic mass is 10.1. The molecule has 0 bridgehead atoms. The number of ether oxygens (including phenoxy) is 2. The van der Waals surface area contributed by atoms with Crippen LogP contribution in [0, 0.1) is 5.82 Å². The van der Waals surface area contributed by atoms with Gasteiger partial charge in [0.15, 0.2) is 11.6 Å². The van der Waals surface area contributed by atoms with Gasteiger partial charge < -0.3 is 14.3 Å². The molecule has 0 saturated carbocycles. The Labute approximate surface area is 164 Å². The number of aldehydes is 1. The predicted octanol–water partition coefficient (Wildman–Crippen LogP) is 5.97. The lowest BCUT2D eigenvalue weighted by Gasteiger charge is -2.17. The van der Waals surface area contributed by atoms with Crippen molar-refractivity contribution in [2.24, 2.45) is 0 Å². The fourth-order valence-electron chi connectivity index (χ4n) is 1.95. The minimum Gasteiger partial charge on any atom is -0.496 e. The molecule has 0 amide bonds. The summed E-state index contributed by atoms with van der Waals surface area (Å²) in [5, 5.41) is 0.126. The molecule has 0 aliphatic carbocycles. The maximum atomic E-state index is 13.8. The Hall–Kier alpha value is -1.93. The van der Waals surface area contributed by atoms with Gasteiger partial charge in [0.25, 0.3) is 0 Å². The molecule has 2 aromatic rings. The maximum Gasteiger partial charge on any atom is 0.416 e. The number of benzene rings is 2. The molecule has 0 fully saturated rings. The fourth-order valence-corrected chi connectivity index (χ4v) is 2.28. The summed E-state index contributed by atoms with van der Waals surface area (Å²) in [6, 6.07) is 5.67. The fraction of sp³-hybridized carbons (Fsp3) is 0.278. The standard InChI is InChI=1S/C15H11ClF4O2S.C3H6O/c1-21-12-4-2-3-9(15(18,19)20)8(12)7-22-13-5-10(16)14(23)6-11(13)17;1-2-3-4/h2-6,23H,7H2,1H3;3H,2H2,1H3. The van der Waals surface area contributed by atoms with Gasteiger partial charge in [-0.25, -0.2) is 4.39 Å². The highest BCUT2D eigenvalue weighted by atomic mass is 35.5. The molecule has 3 nitrogen and oxygen atoms in total. The SMILES string of the molecule is CCC=O.COc1cccc(C(F)(F)F)c1COc1cc(Cl)c(S)cc1F. The summed E-state index contributed by atoms with van der Waals surface area (Å²) in [6.07, 6.45) is -3.07. The second-order valence-electron chi connectivity index (χ2n) is 5.08. The third-order valence-electron chi connectivity index (χ3n) is 3.20. The molecule has 0 radical (unpaired) electrons. The Balaban J connectivity index is 0.000000828. The van der Waals surface area contributed by atoms with Crippen molar-refractivity contribution in [3.63, 3.8) is 0 Å². The lowest BCUT2D eigenvalue weighted by Crippen LogP contribution is -2.12. The van der Waals surface area contributed by atoms with Gasteiger partial charge >= 0.3 is 6.18 Å². The molecule has 0 aromatic heterocycles. The number of carbonyl (C=O) groups excluding carboxylic acids is 1. The topological polar surface area (TPSA) is 35.5 Å². The molecule has 0 aliphatic heterocycles. The van der Waals surface area contributed by atoms with E-state index in [0.29, 0.717) is 6.42 Å². The van der Waals surface area contributed by atoms with Gasteiger partial charge in [0.05, 0.1) is 17.7 Å². The average molecular weight is 425 g/mol. The summed E-state index contributed by atoms with van der Waals surface area (Å²) in [4.78, 5) is 9.37. The monoisotopic (exact) mass is 424 g/mol. The number of methoxy groups -OCH3 is 1. The minimum absolute atomic E-state index is 0.00264. The maximum absolute atomic E-state index is 13.8. The molecule has 2 rings (SSSR count). The van der Waals surface area contributed by atoms with Crippen molar-refractivity contribution in [2.75, 3.05) is 7.11 Å². The predicted molar refractivity (Wildman–Crippen MR) is 97.3 cm³/mol. The van der Waals surface area contributed by atoms with Crippen LogP contribution in [0.25, 0.3) is 0 Å². The quantitative estimate of drug-likeness (QED) is 0.365. The smallest absolute Gasteiger partial charge is 0.416 e. The van der Waals surface area contributed by atoms with Crippen LogP contribution in [0.15, 0.2) is 35.2 Å². The summed E-state index contributed by atoms with van der Waals surface area (Å²) in [5.74, 6) is -1.05. The Kier molecular flexibility index (Phi) is 8.92. The summed E-state index contributed by atoms with van der Waals surface area (Å²) >= 11 is 9.74.